The third-order valence-electron chi connectivity index (χ3n) is 5.85. The number of nitrogens with zero attached hydrogens (tertiary/aromatic N) is 1. The molecule has 33 heavy (non-hydrogen) atoms. The lowest BCUT2D eigenvalue weighted by molar-refractivity contribution is -0.272. The first-order chi connectivity index (χ1) is 15.3. The lowest BCUT2D eigenvalue weighted by Crippen LogP contribution is -2.47. The predicted octanol–water partition coefficient (Wildman–Crippen LogP) is 3.55. The second kappa shape index (κ2) is 8.58. The number of aromatic nitrogens is 1. The molecule has 0 radical (unpaired) electrons. The van der Waals surface area contributed by atoms with E-state index < -0.39 is 58.9 Å². The van der Waals surface area contributed by atoms with Gasteiger partial charge in [0.2, 0.25) is 5.82 Å². The topological polar surface area (TPSA) is 104 Å². The van der Waals surface area contributed by atoms with Crippen LogP contribution in [0.4, 0.5) is 27.6 Å². The maximum atomic E-state index is 14.4. The maximum absolute atomic E-state index is 14.4. The van der Waals surface area contributed by atoms with E-state index in [1.54, 1.807) is 0 Å². The number of nitrogens with one attached hydrogen (secondary N) is 1. The minimum atomic E-state index is -4.89. The van der Waals surface area contributed by atoms with Crippen molar-refractivity contribution in [1.29, 1.82) is 0 Å². The highest BCUT2D eigenvalue weighted by Gasteiger charge is 2.65. The van der Waals surface area contributed by atoms with Crippen LogP contribution in [0, 0.1) is 17.6 Å². The number of pyridine rings is 1. The van der Waals surface area contributed by atoms with Gasteiger partial charge >= 0.3 is 6.18 Å². The number of methoxy groups -OCH3 is 1. The summed E-state index contributed by atoms with van der Waals surface area (Å²) in [5, 5.41) is 2.36. The molecule has 1 aliphatic heterocycles. The summed E-state index contributed by atoms with van der Waals surface area (Å²) in [7, 11) is 1.03. The zero-order valence-corrected chi connectivity index (χ0v) is 17.7. The number of halogens is 5. The number of carbonyl (C=O) groups excluding carboxylic acids is 2. The molecule has 0 aliphatic carbocycles. The predicted molar refractivity (Wildman–Crippen MR) is 106 cm³/mol. The Kier molecular flexibility index (Phi) is 6.33. The molecule has 0 bridgehead atoms. The van der Waals surface area contributed by atoms with Gasteiger partial charge in [-0.3, -0.25) is 14.6 Å². The van der Waals surface area contributed by atoms with Gasteiger partial charge in [0.25, 0.3) is 11.8 Å². The molecule has 1 aromatic carbocycles. The van der Waals surface area contributed by atoms with Gasteiger partial charge in [-0.2, -0.15) is 17.6 Å². The Bertz CT molecular complexity index is 1090. The zero-order chi connectivity index (χ0) is 24.7. The van der Waals surface area contributed by atoms with Crippen molar-refractivity contribution in [2.75, 3.05) is 12.4 Å². The van der Waals surface area contributed by atoms with Gasteiger partial charge in [-0.25, -0.2) is 4.39 Å². The standard InChI is InChI=1S/C21H20F5N3O4/c1-9-14(11-4-5-12(22)15(23)16(11)32-3)17(33-20(9,2)21(24,25)26)19(31)29-10-6-7-28-13(8-10)18(27)30/h4-9,14,17H,1-3H3,(H2,27,30)(H,28,29,31)/t9-,14+,17-,20-/m0/s1. The van der Waals surface area contributed by atoms with Gasteiger partial charge in [0, 0.05) is 29.3 Å². The molecule has 3 rings (SSSR count). The van der Waals surface area contributed by atoms with Crippen LogP contribution in [0.15, 0.2) is 30.5 Å². The van der Waals surface area contributed by atoms with Gasteiger partial charge < -0.3 is 20.5 Å². The summed E-state index contributed by atoms with van der Waals surface area (Å²) in [6.45, 7) is 1.98. The Hall–Kier alpha value is -3.28. The molecule has 0 saturated carbocycles. The number of hydrogen-bond acceptors (Lipinski definition) is 5. The van der Waals surface area contributed by atoms with E-state index in [1.165, 1.54) is 19.2 Å². The number of anilines is 1. The van der Waals surface area contributed by atoms with Gasteiger partial charge in [0.15, 0.2) is 17.2 Å². The van der Waals surface area contributed by atoms with Crippen molar-refractivity contribution in [1.82, 2.24) is 4.98 Å². The summed E-state index contributed by atoms with van der Waals surface area (Å²) in [6, 6.07) is 4.22. The van der Waals surface area contributed by atoms with E-state index in [4.69, 9.17) is 15.2 Å². The molecule has 3 N–H and O–H groups in total. The number of alkyl halides is 3. The Morgan fingerprint density at radius 3 is 2.48 bits per heavy atom. The van der Waals surface area contributed by atoms with Crippen molar-refractivity contribution in [3.63, 3.8) is 0 Å². The van der Waals surface area contributed by atoms with Crippen LogP contribution in [-0.2, 0) is 9.53 Å². The SMILES string of the molecule is COc1c([C@@H]2[C@@H](C(=O)Nc3ccnc(C(N)=O)c3)O[C@](C)(C(F)(F)F)[C@H]2C)ccc(F)c1F. The largest absolute Gasteiger partial charge is 0.493 e. The smallest absolute Gasteiger partial charge is 0.417 e. The van der Waals surface area contributed by atoms with E-state index in [-0.39, 0.29) is 16.9 Å². The number of benzene rings is 1. The highest BCUT2D eigenvalue weighted by Crippen LogP contribution is 2.55. The molecular weight excluding hydrogens is 453 g/mol. The van der Waals surface area contributed by atoms with Crippen molar-refractivity contribution in [3.8, 4) is 5.75 Å². The van der Waals surface area contributed by atoms with Crippen LogP contribution in [0.5, 0.6) is 5.75 Å². The molecule has 2 heterocycles. The van der Waals surface area contributed by atoms with Crippen molar-refractivity contribution in [2.45, 2.75) is 37.6 Å². The van der Waals surface area contributed by atoms with Crippen LogP contribution < -0.4 is 15.8 Å². The lowest BCUT2D eigenvalue weighted by atomic mass is 9.77. The first-order valence-corrected chi connectivity index (χ1v) is 9.65. The van der Waals surface area contributed by atoms with E-state index in [0.29, 0.717) is 0 Å². The molecule has 178 valence electrons. The van der Waals surface area contributed by atoms with Crippen LogP contribution in [0.1, 0.15) is 35.8 Å². The molecule has 7 nitrogen and oxygen atoms in total. The van der Waals surface area contributed by atoms with Crippen LogP contribution >= 0.6 is 0 Å². The quantitative estimate of drug-likeness (QED) is 0.647. The van der Waals surface area contributed by atoms with E-state index in [2.05, 4.69) is 10.3 Å². The first kappa shape index (κ1) is 24.4. The van der Waals surface area contributed by atoms with Crippen molar-refractivity contribution >= 4 is 17.5 Å². The average molecular weight is 473 g/mol. The fourth-order valence-corrected chi connectivity index (χ4v) is 3.90. The van der Waals surface area contributed by atoms with E-state index in [1.807, 2.05) is 0 Å². The van der Waals surface area contributed by atoms with Crippen LogP contribution in [0.3, 0.4) is 0 Å². The summed E-state index contributed by atoms with van der Waals surface area (Å²) >= 11 is 0. The molecule has 2 aromatic rings. The lowest BCUT2D eigenvalue weighted by Gasteiger charge is -2.32. The summed E-state index contributed by atoms with van der Waals surface area (Å²) in [6.07, 6.45) is -5.49. The Morgan fingerprint density at radius 1 is 1.24 bits per heavy atom. The monoisotopic (exact) mass is 473 g/mol. The van der Waals surface area contributed by atoms with Crippen LogP contribution in [0.25, 0.3) is 0 Å². The molecule has 2 amide bonds. The van der Waals surface area contributed by atoms with Crippen LogP contribution in [0.2, 0.25) is 0 Å². The fourth-order valence-electron chi connectivity index (χ4n) is 3.90. The minimum absolute atomic E-state index is 0.0247. The summed E-state index contributed by atoms with van der Waals surface area (Å²) in [5.74, 6) is -7.94. The molecular formula is C21H20F5N3O4. The molecule has 1 saturated heterocycles. The summed E-state index contributed by atoms with van der Waals surface area (Å²) in [5.41, 5.74) is 2.04. The second-order valence-electron chi connectivity index (χ2n) is 7.72. The maximum Gasteiger partial charge on any atom is 0.417 e. The number of rotatable bonds is 5. The number of ether oxygens (including phenoxy) is 2. The normalized spacial score (nSPS) is 25.0. The van der Waals surface area contributed by atoms with E-state index >= 15 is 0 Å². The fraction of sp³-hybridized carbons (Fsp3) is 0.381. The highest BCUT2D eigenvalue weighted by atomic mass is 19.4. The molecule has 12 heteroatoms. The number of amides is 2. The number of carbonyl (C=O) groups is 2. The van der Waals surface area contributed by atoms with Crippen molar-refractivity contribution < 1.29 is 41.0 Å². The van der Waals surface area contributed by atoms with Gasteiger partial charge in [0.05, 0.1) is 7.11 Å². The molecule has 1 aliphatic rings. The van der Waals surface area contributed by atoms with Gasteiger partial charge in [0.1, 0.15) is 11.8 Å². The van der Waals surface area contributed by atoms with Crippen molar-refractivity contribution in [2.24, 2.45) is 11.7 Å². The molecule has 1 aromatic heterocycles. The molecule has 0 spiro atoms. The third-order valence-corrected chi connectivity index (χ3v) is 5.85. The van der Waals surface area contributed by atoms with Gasteiger partial charge in [-0.05, 0) is 25.1 Å². The Balaban J connectivity index is 2.07. The number of nitrogens with two attached hydrogens (primary N) is 1. The molecule has 4 atom stereocenters. The van der Waals surface area contributed by atoms with E-state index in [0.717, 1.165) is 32.2 Å². The summed E-state index contributed by atoms with van der Waals surface area (Å²) < 4.78 is 80.1. The van der Waals surface area contributed by atoms with Crippen molar-refractivity contribution in [3.05, 3.63) is 53.4 Å². The molecule has 1 fully saturated rings. The second-order valence-corrected chi connectivity index (χ2v) is 7.72. The Labute approximate surface area is 185 Å². The van der Waals surface area contributed by atoms with Gasteiger partial charge in [-0.15, -0.1) is 0 Å². The highest BCUT2D eigenvalue weighted by molar-refractivity contribution is 5.97. The Morgan fingerprint density at radius 2 is 1.91 bits per heavy atom. The van der Waals surface area contributed by atoms with Gasteiger partial charge in [-0.1, -0.05) is 13.0 Å². The minimum Gasteiger partial charge on any atom is -0.493 e. The number of hydrogen-bond donors (Lipinski definition) is 2. The van der Waals surface area contributed by atoms with E-state index in [9.17, 15) is 31.5 Å². The first-order valence-electron chi connectivity index (χ1n) is 9.65. The van der Waals surface area contributed by atoms with Crippen LogP contribution in [-0.4, -0.2) is 41.8 Å². The third kappa shape index (κ3) is 4.22. The zero-order valence-electron chi connectivity index (χ0n) is 17.7. The number of primary amides is 1. The summed E-state index contributed by atoms with van der Waals surface area (Å²) in [4.78, 5) is 28.1. The average Bonchev–Trinajstić information content (AvgIpc) is 3.02. The molecule has 0 unspecified atom stereocenters.